The number of fused-ring (bicyclic) bond motifs is 1. The van der Waals surface area contributed by atoms with Crippen LogP contribution in [0, 0.1) is 0 Å². The molecule has 2 rings (SSSR count). The number of carboxylic acid groups (broad SMARTS) is 1. The smallest absolute Gasteiger partial charge is 0.303 e. The van der Waals surface area contributed by atoms with E-state index in [0.717, 1.165) is 4.90 Å². The number of hydrogen-bond acceptors (Lipinski definition) is 3. The molecule has 0 aromatic carbocycles. The van der Waals surface area contributed by atoms with Gasteiger partial charge in [0.25, 0.3) is 11.8 Å². The minimum atomic E-state index is -0.745. The Kier molecular flexibility index (Phi) is 1.95. The maximum Gasteiger partial charge on any atom is 0.303 e. The van der Waals surface area contributed by atoms with Crippen LogP contribution in [0.3, 0.4) is 0 Å². The van der Waals surface area contributed by atoms with Gasteiger partial charge in [-0.25, -0.2) is 4.90 Å². The van der Waals surface area contributed by atoms with Crippen molar-refractivity contribution < 1.29 is 19.5 Å². The van der Waals surface area contributed by atoms with E-state index in [4.69, 9.17) is 5.11 Å². The number of amides is 2. The molecule has 1 fully saturated rings. The first-order valence-electron chi connectivity index (χ1n) is 3.39. The van der Waals surface area contributed by atoms with E-state index in [0.29, 0.717) is 5.70 Å². The molecular formula is C7H7NO4. The third-order valence-corrected chi connectivity index (χ3v) is 1.40. The van der Waals surface area contributed by atoms with Crippen LogP contribution in [0.1, 0.15) is 13.3 Å². The third-order valence-electron chi connectivity index (χ3n) is 1.40. The van der Waals surface area contributed by atoms with E-state index in [1.807, 2.05) is 0 Å². The van der Waals surface area contributed by atoms with Crippen molar-refractivity contribution >= 4 is 17.8 Å². The Labute approximate surface area is 68.3 Å². The largest absolute Gasteiger partial charge is 0.481 e. The lowest BCUT2D eigenvalue weighted by molar-refractivity contribution is -0.136. The van der Waals surface area contributed by atoms with Crippen LogP contribution in [-0.2, 0) is 14.4 Å². The zero-order valence-electron chi connectivity index (χ0n) is 6.40. The molecule has 5 heteroatoms. The summed E-state index contributed by atoms with van der Waals surface area (Å²) in [5, 5.41) is 7.72. The molecule has 0 atom stereocenters. The fourth-order valence-electron chi connectivity index (χ4n) is 0.622. The minimum absolute atomic E-state index is 0.120. The topological polar surface area (TPSA) is 74.5 Å². The molecule has 0 spiro atoms. The summed E-state index contributed by atoms with van der Waals surface area (Å²) in [5.41, 5.74) is 0.574. The first kappa shape index (κ1) is 8.45. The van der Waals surface area contributed by atoms with Crippen molar-refractivity contribution in [2.45, 2.75) is 13.3 Å². The van der Waals surface area contributed by atoms with Gasteiger partial charge in [-0.05, 0) is 0 Å². The zero-order chi connectivity index (χ0) is 9.30. The van der Waals surface area contributed by atoms with Crippen molar-refractivity contribution in [2.75, 3.05) is 0 Å². The Morgan fingerprint density at radius 2 is 2.08 bits per heavy atom. The molecule has 2 aliphatic heterocycles. The van der Waals surface area contributed by atoms with Gasteiger partial charge in [0.15, 0.2) is 0 Å². The van der Waals surface area contributed by atoms with Gasteiger partial charge in [-0.15, -0.1) is 0 Å². The third kappa shape index (κ3) is 1.34. The number of nitrogens with zero attached hydrogens (tertiary/aromatic N) is 1. The van der Waals surface area contributed by atoms with Crippen molar-refractivity contribution in [1.29, 1.82) is 0 Å². The molecule has 12 heavy (non-hydrogen) atoms. The van der Waals surface area contributed by atoms with E-state index in [1.54, 1.807) is 6.92 Å². The average Bonchev–Trinajstić information content (AvgIpc) is 2.53. The predicted octanol–water partition coefficient (Wildman–Crippen LogP) is -0.266. The minimum Gasteiger partial charge on any atom is -0.481 e. The fraction of sp³-hybridized carbons (Fsp3) is 0.286. The molecule has 0 bridgehead atoms. The molecule has 0 radical (unpaired) electrons. The van der Waals surface area contributed by atoms with E-state index in [2.05, 4.69) is 0 Å². The predicted molar refractivity (Wildman–Crippen MR) is 37.9 cm³/mol. The highest BCUT2D eigenvalue weighted by Gasteiger charge is 2.52. The molecule has 1 saturated heterocycles. The summed E-state index contributed by atoms with van der Waals surface area (Å²) in [7, 11) is 0. The maximum atomic E-state index is 10.1. The van der Waals surface area contributed by atoms with Crippen LogP contribution in [0.5, 0.6) is 0 Å². The summed E-state index contributed by atoms with van der Waals surface area (Å²) >= 11 is 0. The highest BCUT2D eigenvalue weighted by molar-refractivity contribution is 6.32. The summed E-state index contributed by atoms with van der Waals surface area (Å²) in [6.45, 7) is 1.60. The maximum absolute atomic E-state index is 10.1. The van der Waals surface area contributed by atoms with E-state index < -0.39 is 5.97 Å². The van der Waals surface area contributed by atoms with Crippen LogP contribution in [0.15, 0.2) is 11.8 Å². The summed E-state index contributed by atoms with van der Waals surface area (Å²) in [6, 6.07) is 0. The Morgan fingerprint density at radius 1 is 1.58 bits per heavy atom. The van der Waals surface area contributed by atoms with Crippen molar-refractivity contribution in [3.8, 4) is 0 Å². The summed E-state index contributed by atoms with van der Waals surface area (Å²) < 4.78 is 0. The molecule has 0 aromatic rings. The molecule has 2 aliphatic rings. The Morgan fingerprint density at radius 3 is 2.08 bits per heavy atom. The molecule has 0 saturated carbocycles. The first-order valence-corrected chi connectivity index (χ1v) is 3.39. The van der Waals surface area contributed by atoms with Crippen LogP contribution >= 0.6 is 0 Å². The van der Waals surface area contributed by atoms with Crippen LogP contribution in [0.4, 0.5) is 0 Å². The van der Waals surface area contributed by atoms with Crippen LogP contribution in [-0.4, -0.2) is 27.8 Å². The second-order valence-electron chi connectivity index (χ2n) is 2.26. The van der Waals surface area contributed by atoms with Gasteiger partial charge in [0.1, 0.15) is 5.70 Å². The molecule has 2 amide bonds. The molecule has 1 N–H and O–H groups in total. The molecule has 64 valence electrons. The van der Waals surface area contributed by atoms with Crippen molar-refractivity contribution in [2.24, 2.45) is 0 Å². The number of hydrogen-bond donors (Lipinski definition) is 1. The first-order chi connectivity index (χ1) is 5.57. The lowest BCUT2D eigenvalue weighted by Gasteiger charge is -1.93. The van der Waals surface area contributed by atoms with Crippen molar-refractivity contribution in [3.05, 3.63) is 11.8 Å². The summed E-state index contributed by atoms with van der Waals surface area (Å²) in [5.74, 6) is -1.03. The Balaban J connectivity index is 0.000000130. The lowest BCUT2D eigenvalue weighted by Crippen LogP contribution is -2.12. The number of carbonyl (C=O) groups excluding carboxylic acids is 2. The quantitative estimate of drug-likeness (QED) is 0.433. The highest BCUT2D eigenvalue weighted by Crippen LogP contribution is 2.33. The number of rotatable bonds is 1. The fourth-order valence-corrected chi connectivity index (χ4v) is 0.622. The number of carboxylic acids is 1. The Hall–Kier alpha value is -1.65. The van der Waals surface area contributed by atoms with Crippen LogP contribution in [0.2, 0.25) is 0 Å². The van der Waals surface area contributed by atoms with Gasteiger partial charge in [-0.1, -0.05) is 6.92 Å². The van der Waals surface area contributed by atoms with Gasteiger partial charge < -0.3 is 5.11 Å². The second-order valence-corrected chi connectivity index (χ2v) is 2.26. The lowest BCUT2D eigenvalue weighted by atomic mass is 10.4. The number of imide groups is 1. The monoisotopic (exact) mass is 169 g/mol. The van der Waals surface area contributed by atoms with Crippen molar-refractivity contribution in [3.63, 3.8) is 0 Å². The SMILES string of the molecule is CCC(=O)O.O=C1C=C2C(=O)N12. The Bertz CT molecular complexity index is 284. The summed E-state index contributed by atoms with van der Waals surface area (Å²) in [6.07, 6.45) is 1.56. The highest BCUT2D eigenvalue weighted by atomic mass is 16.4. The average molecular weight is 169 g/mol. The van der Waals surface area contributed by atoms with Gasteiger partial charge in [0, 0.05) is 12.5 Å². The van der Waals surface area contributed by atoms with Gasteiger partial charge in [0.2, 0.25) is 0 Å². The van der Waals surface area contributed by atoms with Crippen LogP contribution < -0.4 is 0 Å². The number of aliphatic carboxylic acids is 1. The van der Waals surface area contributed by atoms with Gasteiger partial charge >= 0.3 is 5.97 Å². The van der Waals surface area contributed by atoms with Gasteiger partial charge in [0.05, 0.1) is 0 Å². The molecule has 5 nitrogen and oxygen atoms in total. The molecule has 0 unspecified atom stereocenters. The molecule has 2 heterocycles. The van der Waals surface area contributed by atoms with Gasteiger partial charge in [-0.3, -0.25) is 14.4 Å². The van der Waals surface area contributed by atoms with Crippen LogP contribution in [0.25, 0.3) is 0 Å². The summed E-state index contributed by atoms with van der Waals surface area (Å²) in [4.78, 5) is 30.7. The van der Waals surface area contributed by atoms with Crippen molar-refractivity contribution in [1.82, 2.24) is 4.90 Å². The zero-order valence-corrected chi connectivity index (χ0v) is 6.40. The van der Waals surface area contributed by atoms with E-state index in [9.17, 15) is 14.4 Å². The van der Waals surface area contributed by atoms with E-state index in [-0.39, 0.29) is 18.2 Å². The molecular weight excluding hydrogens is 162 g/mol. The van der Waals surface area contributed by atoms with Gasteiger partial charge in [-0.2, -0.15) is 0 Å². The number of carbonyl (C=O) groups is 3. The molecule has 0 aliphatic carbocycles. The normalized spacial score (nSPS) is 16.8. The molecule has 0 aromatic heterocycles. The van der Waals surface area contributed by atoms with E-state index >= 15 is 0 Å². The van der Waals surface area contributed by atoms with E-state index in [1.165, 1.54) is 6.08 Å². The standard InChI is InChI=1S/C4HNO2.C3H6O2/c6-3-1-2-4(7)5(2)3;1-2-3(4)5/h1H;2H2,1H3,(H,4,5). The second kappa shape index (κ2) is 2.77.